The maximum Gasteiger partial charge on any atom is 0.193 e. The Bertz CT molecular complexity index is 545. The van der Waals surface area contributed by atoms with E-state index in [-0.39, 0.29) is 31.0 Å². The van der Waals surface area contributed by atoms with Crippen LogP contribution in [0, 0.1) is 0 Å². The van der Waals surface area contributed by atoms with Crippen LogP contribution in [0.4, 0.5) is 0 Å². The minimum atomic E-state index is -1.97. The molecule has 250 valence electrons. The summed E-state index contributed by atoms with van der Waals surface area (Å²) in [7, 11) is 0. The number of hydrogen-bond acceptors (Lipinski definition) is 4. The summed E-state index contributed by atoms with van der Waals surface area (Å²) in [5, 5.41) is 10.8. The zero-order chi connectivity index (χ0) is 31.0. The molecule has 0 rings (SSSR count). The van der Waals surface area contributed by atoms with Gasteiger partial charge in [0.05, 0.1) is 0 Å². The summed E-state index contributed by atoms with van der Waals surface area (Å²) in [6, 6.07) is 0. The van der Waals surface area contributed by atoms with Crippen LogP contribution in [0.1, 0.15) is 219 Å². The van der Waals surface area contributed by atoms with Gasteiger partial charge in [-0.05, 0) is 12.8 Å². The maximum atomic E-state index is 12.7. The maximum absolute atomic E-state index is 12.7. The van der Waals surface area contributed by atoms with Crippen molar-refractivity contribution < 1.29 is 14.7 Å². The summed E-state index contributed by atoms with van der Waals surface area (Å²) in [5.41, 5.74) is 3.76. The molecule has 0 atom stereocenters. The van der Waals surface area contributed by atoms with Gasteiger partial charge in [-0.25, -0.2) is 0 Å². The quantitative estimate of drug-likeness (QED) is 0.0565. The van der Waals surface area contributed by atoms with Gasteiger partial charge in [-0.1, -0.05) is 194 Å². The highest BCUT2D eigenvalue weighted by Gasteiger charge is 2.40. The van der Waals surface area contributed by atoms with Gasteiger partial charge in [-0.3, -0.25) is 9.59 Å². The van der Waals surface area contributed by atoms with E-state index < -0.39 is 5.60 Å². The van der Waals surface area contributed by atoms with E-state index in [1.165, 1.54) is 154 Å². The first kappa shape index (κ1) is 41.3. The van der Waals surface area contributed by atoms with E-state index in [0.717, 1.165) is 38.5 Å². The van der Waals surface area contributed by atoms with Crippen LogP contribution in [-0.4, -0.2) is 28.8 Å². The van der Waals surface area contributed by atoms with Crippen LogP contribution < -0.4 is 5.73 Å². The summed E-state index contributed by atoms with van der Waals surface area (Å²) in [5.74, 6) is -0.740. The molecule has 0 aliphatic carbocycles. The Balaban J connectivity index is 3.67. The fourth-order valence-corrected chi connectivity index (χ4v) is 6.11. The Morgan fingerprint density at radius 1 is 0.405 bits per heavy atom. The molecule has 4 heteroatoms. The van der Waals surface area contributed by atoms with Gasteiger partial charge in [0.1, 0.15) is 0 Å². The Hall–Kier alpha value is -0.740. The standard InChI is InChI=1S/C38H75NO3/c1-3-5-7-9-11-13-15-17-19-21-23-25-27-29-31-33-36(40)38(42,35-39)37(41)34-32-30-28-26-24-22-20-18-16-14-12-10-8-6-4-2/h42H,3-35,39H2,1-2H3. The van der Waals surface area contributed by atoms with Gasteiger partial charge in [0.15, 0.2) is 17.2 Å². The first-order valence-corrected chi connectivity index (χ1v) is 19.0. The van der Waals surface area contributed by atoms with E-state index in [0.29, 0.717) is 0 Å². The van der Waals surface area contributed by atoms with Crippen molar-refractivity contribution >= 4 is 11.6 Å². The Morgan fingerprint density at radius 3 is 0.786 bits per heavy atom. The van der Waals surface area contributed by atoms with Crippen LogP contribution in [0.15, 0.2) is 0 Å². The average molecular weight is 594 g/mol. The van der Waals surface area contributed by atoms with Crippen molar-refractivity contribution in [3.05, 3.63) is 0 Å². The summed E-state index contributed by atoms with van der Waals surface area (Å²) in [6.07, 6.45) is 38.7. The molecule has 4 nitrogen and oxygen atoms in total. The number of carbonyl (C=O) groups is 2. The molecule has 0 heterocycles. The van der Waals surface area contributed by atoms with Gasteiger partial charge in [0, 0.05) is 19.4 Å². The third-order valence-corrected chi connectivity index (χ3v) is 9.23. The second-order valence-corrected chi connectivity index (χ2v) is 13.3. The molecule has 0 amide bonds. The van der Waals surface area contributed by atoms with Crippen LogP contribution in [0.2, 0.25) is 0 Å². The molecule has 0 aliphatic heterocycles. The smallest absolute Gasteiger partial charge is 0.193 e. The van der Waals surface area contributed by atoms with Crippen molar-refractivity contribution in [3.63, 3.8) is 0 Å². The lowest BCUT2D eigenvalue weighted by Gasteiger charge is -2.23. The Morgan fingerprint density at radius 2 is 0.595 bits per heavy atom. The number of ketones is 2. The molecule has 0 saturated heterocycles. The number of hydrogen-bond donors (Lipinski definition) is 2. The fourth-order valence-electron chi connectivity index (χ4n) is 6.11. The molecule has 0 bridgehead atoms. The van der Waals surface area contributed by atoms with Crippen LogP contribution in [-0.2, 0) is 9.59 Å². The largest absolute Gasteiger partial charge is 0.374 e. The van der Waals surface area contributed by atoms with E-state index in [2.05, 4.69) is 13.8 Å². The number of nitrogens with two attached hydrogens (primary N) is 1. The minimum absolute atomic E-state index is 0.260. The van der Waals surface area contributed by atoms with E-state index >= 15 is 0 Å². The van der Waals surface area contributed by atoms with Crippen LogP contribution >= 0.6 is 0 Å². The first-order chi connectivity index (χ1) is 20.5. The van der Waals surface area contributed by atoms with Crippen LogP contribution in [0.25, 0.3) is 0 Å². The van der Waals surface area contributed by atoms with Crippen molar-refractivity contribution in [2.45, 2.75) is 225 Å². The van der Waals surface area contributed by atoms with Crippen molar-refractivity contribution in [3.8, 4) is 0 Å². The molecular weight excluding hydrogens is 518 g/mol. The molecule has 0 spiro atoms. The van der Waals surface area contributed by atoms with E-state index in [1.54, 1.807) is 0 Å². The van der Waals surface area contributed by atoms with E-state index in [9.17, 15) is 14.7 Å². The van der Waals surface area contributed by atoms with Crippen LogP contribution in [0.5, 0.6) is 0 Å². The molecule has 42 heavy (non-hydrogen) atoms. The molecule has 0 aromatic carbocycles. The van der Waals surface area contributed by atoms with Gasteiger partial charge in [0.2, 0.25) is 0 Å². The normalized spacial score (nSPS) is 11.8. The van der Waals surface area contributed by atoms with Crippen molar-refractivity contribution in [2.24, 2.45) is 5.73 Å². The average Bonchev–Trinajstić information content (AvgIpc) is 3.00. The Labute approximate surface area is 263 Å². The summed E-state index contributed by atoms with van der Waals surface area (Å²) in [6.45, 7) is 4.25. The third kappa shape index (κ3) is 24.7. The monoisotopic (exact) mass is 594 g/mol. The topological polar surface area (TPSA) is 80.4 Å². The van der Waals surface area contributed by atoms with Gasteiger partial charge in [0.25, 0.3) is 0 Å². The molecule has 0 saturated carbocycles. The predicted octanol–water partition coefficient (Wildman–Crippen LogP) is 11.3. The van der Waals surface area contributed by atoms with Crippen molar-refractivity contribution in [2.75, 3.05) is 6.54 Å². The molecule has 0 aromatic heterocycles. The number of rotatable bonds is 35. The zero-order valence-corrected chi connectivity index (χ0v) is 28.7. The molecule has 3 N–H and O–H groups in total. The summed E-state index contributed by atoms with van der Waals surface area (Å²) < 4.78 is 0. The highest BCUT2D eigenvalue weighted by molar-refractivity contribution is 6.10. The predicted molar refractivity (Wildman–Crippen MR) is 183 cm³/mol. The second kappa shape index (κ2) is 31.7. The van der Waals surface area contributed by atoms with E-state index in [1.807, 2.05) is 0 Å². The summed E-state index contributed by atoms with van der Waals surface area (Å²) >= 11 is 0. The van der Waals surface area contributed by atoms with Crippen molar-refractivity contribution in [1.82, 2.24) is 0 Å². The number of unbranched alkanes of at least 4 members (excludes halogenated alkanes) is 28. The molecule has 0 unspecified atom stereocenters. The highest BCUT2D eigenvalue weighted by Crippen LogP contribution is 2.19. The Kier molecular flexibility index (Phi) is 31.1. The number of Topliss-reactive ketones (excluding diaryl/α,β-unsaturated/α-hetero) is 2. The zero-order valence-electron chi connectivity index (χ0n) is 28.7. The molecule has 0 aromatic rings. The van der Waals surface area contributed by atoms with Gasteiger partial charge in [-0.2, -0.15) is 0 Å². The fraction of sp³-hybridized carbons (Fsp3) is 0.947. The molecular formula is C38H75NO3. The highest BCUT2D eigenvalue weighted by atomic mass is 16.3. The minimum Gasteiger partial charge on any atom is -0.374 e. The lowest BCUT2D eigenvalue weighted by atomic mass is 9.87. The first-order valence-electron chi connectivity index (χ1n) is 19.0. The second-order valence-electron chi connectivity index (χ2n) is 13.3. The molecule has 0 radical (unpaired) electrons. The van der Waals surface area contributed by atoms with Crippen molar-refractivity contribution in [1.29, 1.82) is 0 Å². The molecule has 0 fully saturated rings. The van der Waals surface area contributed by atoms with Gasteiger partial charge < -0.3 is 10.8 Å². The SMILES string of the molecule is CCCCCCCCCCCCCCCCCC(=O)C(O)(CN)C(=O)CCCCCCCCCCCCCCCCC. The third-order valence-electron chi connectivity index (χ3n) is 9.23. The van der Waals surface area contributed by atoms with Gasteiger partial charge >= 0.3 is 0 Å². The number of carbonyl (C=O) groups excluding carboxylic acids is 2. The molecule has 0 aliphatic rings. The van der Waals surface area contributed by atoms with Crippen LogP contribution in [0.3, 0.4) is 0 Å². The van der Waals surface area contributed by atoms with Gasteiger partial charge in [-0.15, -0.1) is 0 Å². The number of aliphatic hydroxyl groups is 1. The lowest BCUT2D eigenvalue weighted by Crippen LogP contribution is -2.52. The summed E-state index contributed by atoms with van der Waals surface area (Å²) in [4.78, 5) is 25.4. The lowest BCUT2D eigenvalue weighted by molar-refractivity contribution is -0.150. The van der Waals surface area contributed by atoms with E-state index in [4.69, 9.17) is 5.73 Å².